The zero-order chi connectivity index (χ0) is 24.4. The lowest BCUT2D eigenvalue weighted by Crippen LogP contribution is -2.60. The van der Waals surface area contributed by atoms with Crippen LogP contribution in [0.2, 0.25) is 0 Å². The van der Waals surface area contributed by atoms with Crippen LogP contribution in [0.5, 0.6) is 0 Å². The number of methoxy groups -OCH3 is 2. The van der Waals surface area contributed by atoms with E-state index in [1.54, 1.807) is 12.1 Å². The van der Waals surface area contributed by atoms with Crippen molar-refractivity contribution in [1.29, 1.82) is 0 Å². The topological polar surface area (TPSA) is 140 Å². The summed E-state index contributed by atoms with van der Waals surface area (Å²) in [5, 5.41) is 10.2. The van der Waals surface area contributed by atoms with E-state index >= 15 is 0 Å². The predicted octanol–water partition coefficient (Wildman–Crippen LogP) is 3.10. The molecule has 0 amide bonds. The lowest BCUT2D eigenvalue weighted by Gasteiger charge is -2.46. The van der Waals surface area contributed by atoms with Gasteiger partial charge in [0, 0.05) is 22.8 Å². The Labute approximate surface area is 193 Å². The molecule has 5 N–H and O–H groups in total. The summed E-state index contributed by atoms with van der Waals surface area (Å²) in [6.45, 7) is 8.69. The minimum absolute atomic E-state index is 0.0408. The van der Waals surface area contributed by atoms with E-state index in [1.807, 2.05) is 0 Å². The number of aromatic nitrogens is 2. The second kappa shape index (κ2) is 9.22. The standard InChI is InChI=1S/C23H32N6O4/c1-22(2)10-16(11-23(3,4)29-22)28-19-17(24)18(25-12-26-19)27-15-8-13(20(30)32-5)7-14(9-15)21(31)33-6/h7-9,12,16,29H,10-11,24H2,1-6H3,(H2,25,26,27,28). The number of carbonyl (C=O) groups is 2. The Morgan fingerprint density at radius 1 is 0.970 bits per heavy atom. The van der Waals surface area contributed by atoms with E-state index < -0.39 is 11.9 Å². The number of nitrogens with two attached hydrogens (primary N) is 1. The molecule has 10 nitrogen and oxygen atoms in total. The highest BCUT2D eigenvalue weighted by atomic mass is 16.5. The Balaban J connectivity index is 1.88. The van der Waals surface area contributed by atoms with Crippen molar-refractivity contribution in [3.63, 3.8) is 0 Å². The van der Waals surface area contributed by atoms with E-state index in [0.29, 0.717) is 23.0 Å². The third-order valence-corrected chi connectivity index (χ3v) is 5.45. The molecule has 0 unspecified atom stereocenters. The Morgan fingerprint density at radius 2 is 1.48 bits per heavy atom. The predicted molar refractivity (Wildman–Crippen MR) is 127 cm³/mol. The highest BCUT2D eigenvalue weighted by Crippen LogP contribution is 2.33. The molecule has 0 radical (unpaired) electrons. The van der Waals surface area contributed by atoms with Crippen LogP contribution >= 0.6 is 0 Å². The normalized spacial score (nSPS) is 17.2. The average Bonchev–Trinajstić information content (AvgIpc) is 2.73. The first-order chi connectivity index (χ1) is 15.4. The molecule has 10 heteroatoms. The number of nitrogens with zero attached hydrogens (tertiary/aromatic N) is 2. The van der Waals surface area contributed by atoms with Gasteiger partial charge in [0.25, 0.3) is 0 Å². The van der Waals surface area contributed by atoms with Crippen molar-refractivity contribution in [3.05, 3.63) is 35.7 Å². The summed E-state index contributed by atoms with van der Waals surface area (Å²) in [7, 11) is 2.54. The number of anilines is 4. The zero-order valence-electron chi connectivity index (χ0n) is 19.9. The fraction of sp³-hybridized carbons (Fsp3) is 0.478. The van der Waals surface area contributed by atoms with Gasteiger partial charge in [0.15, 0.2) is 11.6 Å². The minimum atomic E-state index is -0.585. The molecule has 0 bridgehead atoms. The molecule has 0 spiro atoms. The van der Waals surface area contributed by atoms with Crippen LogP contribution < -0.4 is 21.7 Å². The first-order valence-electron chi connectivity index (χ1n) is 10.7. The van der Waals surface area contributed by atoms with Gasteiger partial charge in [-0.05, 0) is 58.7 Å². The van der Waals surface area contributed by atoms with E-state index in [-0.39, 0.29) is 28.2 Å². The number of piperidine rings is 1. The van der Waals surface area contributed by atoms with Gasteiger partial charge in [-0.15, -0.1) is 0 Å². The molecule has 0 saturated carbocycles. The number of carbonyl (C=O) groups excluding carboxylic acids is 2. The third kappa shape index (κ3) is 5.89. The van der Waals surface area contributed by atoms with E-state index in [2.05, 4.69) is 53.6 Å². The van der Waals surface area contributed by atoms with Gasteiger partial charge in [-0.3, -0.25) is 0 Å². The van der Waals surface area contributed by atoms with Crippen LogP contribution in [-0.2, 0) is 9.47 Å². The van der Waals surface area contributed by atoms with Crippen LogP contribution in [0.15, 0.2) is 24.5 Å². The molecule has 2 aromatic rings. The minimum Gasteiger partial charge on any atom is -0.465 e. The molecule has 0 aliphatic carbocycles. The maximum Gasteiger partial charge on any atom is 0.337 e. The monoisotopic (exact) mass is 456 g/mol. The summed E-state index contributed by atoms with van der Waals surface area (Å²) in [5.41, 5.74) is 7.44. The van der Waals surface area contributed by atoms with Gasteiger partial charge in [0.2, 0.25) is 0 Å². The summed E-state index contributed by atoms with van der Waals surface area (Å²) in [6.07, 6.45) is 3.20. The second-order valence-electron chi connectivity index (χ2n) is 9.53. The molecular weight excluding hydrogens is 424 g/mol. The van der Waals surface area contributed by atoms with Crippen LogP contribution in [0.25, 0.3) is 0 Å². The molecule has 0 atom stereocenters. The summed E-state index contributed by atoms with van der Waals surface area (Å²) >= 11 is 0. The van der Waals surface area contributed by atoms with Crippen molar-refractivity contribution >= 4 is 34.9 Å². The Bertz CT molecular complexity index is 1000. The van der Waals surface area contributed by atoms with Crippen molar-refractivity contribution < 1.29 is 19.1 Å². The third-order valence-electron chi connectivity index (χ3n) is 5.45. The molecule has 1 aliphatic heterocycles. The number of nitrogens with one attached hydrogen (secondary N) is 3. The van der Waals surface area contributed by atoms with E-state index in [0.717, 1.165) is 12.8 Å². The molecule has 1 fully saturated rings. The van der Waals surface area contributed by atoms with Crippen molar-refractivity contribution in [2.24, 2.45) is 0 Å². The Kier molecular flexibility index (Phi) is 6.78. The van der Waals surface area contributed by atoms with Crippen LogP contribution in [0.3, 0.4) is 0 Å². The number of nitrogen functional groups attached to an aromatic ring is 1. The molecular formula is C23H32N6O4. The molecule has 2 heterocycles. The van der Waals surface area contributed by atoms with Crippen LogP contribution in [0.4, 0.5) is 23.0 Å². The van der Waals surface area contributed by atoms with E-state index in [4.69, 9.17) is 15.2 Å². The lowest BCUT2D eigenvalue weighted by atomic mass is 9.79. The average molecular weight is 457 g/mol. The van der Waals surface area contributed by atoms with Gasteiger partial charge < -0.3 is 31.2 Å². The Morgan fingerprint density at radius 3 is 2.00 bits per heavy atom. The molecule has 1 aromatic heterocycles. The van der Waals surface area contributed by atoms with Crippen molar-refractivity contribution in [3.8, 4) is 0 Å². The number of ether oxygens (including phenoxy) is 2. The van der Waals surface area contributed by atoms with Crippen molar-refractivity contribution in [1.82, 2.24) is 15.3 Å². The lowest BCUT2D eigenvalue weighted by molar-refractivity contribution is 0.0599. The quantitative estimate of drug-likeness (QED) is 0.479. The van der Waals surface area contributed by atoms with Crippen LogP contribution in [0, 0.1) is 0 Å². The molecule has 1 aliphatic rings. The smallest absolute Gasteiger partial charge is 0.337 e. The van der Waals surface area contributed by atoms with E-state index in [1.165, 1.54) is 26.6 Å². The van der Waals surface area contributed by atoms with Gasteiger partial charge in [-0.25, -0.2) is 19.6 Å². The van der Waals surface area contributed by atoms with Crippen LogP contribution in [0.1, 0.15) is 61.3 Å². The summed E-state index contributed by atoms with van der Waals surface area (Å²) < 4.78 is 9.57. The maximum absolute atomic E-state index is 12.1. The first-order valence-corrected chi connectivity index (χ1v) is 10.7. The van der Waals surface area contributed by atoms with Gasteiger partial charge in [0.1, 0.15) is 12.0 Å². The van der Waals surface area contributed by atoms with Gasteiger partial charge >= 0.3 is 11.9 Å². The molecule has 1 aromatic carbocycles. The van der Waals surface area contributed by atoms with E-state index in [9.17, 15) is 9.59 Å². The number of benzene rings is 1. The number of hydrogen-bond acceptors (Lipinski definition) is 10. The van der Waals surface area contributed by atoms with Crippen molar-refractivity contribution in [2.75, 3.05) is 30.6 Å². The second-order valence-corrected chi connectivity index (χ2v) is 9.53. The molecule has 1 saturated heterocycles. The molecule has 178 valence electrons. The highest BCUT2D eigenvalue weighted by molar-refractivity contribution is 5.97. The fourth-order valence-electron chi connectivity index (χ4n) is 4.54. The Hall–Kier alpha value is -3.40. The fourth-order valence-corrected chi connectivity index (χ4v) is 4.54. The highest BCUT2D eigenvalue weighted by Gasteiger charge is 2.38. The molecule has 33 heavy (non-hydrogen) atoms. The summed E-state index contributed by atoms with van der Waals surface area (Å²) in [6, 6.07) is 4.66. The van der Waals surface area contributed by atoms with Gasteiger partial charge in [-0.1, -0.05) is 0 Å². The summed E-state index contributed by atoms with van der Waals surface area (Å²) in [5.74, 6) is -0.308. The largest absolute Gasteiger partial charge is 0.465 e. The maximum atomic E-state index is 12.1. The number of esters is 2. The zero-order valence-corrected chi connectivity index (χ0v) is 19.9. The molecule has 3 rings (SSSR count). The SMILES string of the molecule is COC(=O)c1cc(Nc2ncnc(NC3CC(C)(C)NC(C)(C)C3)c2N)cc(C(=O)OC)c1. The summed E-state index contributed by atoms with van der Waals surface area (Å²) in [4.78, 5) is 32.7. The number of rotatable bonds is 6. The van der Waals surface area contributed by atoms with Crippen LogP contribution in [-0.4, -0.2) is 53.2 Å². The first kappa shape index (κ1) is 24.2. The van der Waals surface area contributed by atoms with Gasteiger partial charge in [0.05, 0.1) is 25.3 Å². The number of hydrogen-bond donors (Lipinski definition) is 4. The van der Waals surface area contributed by atoms with Crippen molar-refractivity contribution in [2.45, 2.75) is 57.7 Å². The van der Waals surface area contributed by atoms with Gasteiger partial charge in [-0.2, -0.15) is 0 Å².